The Morgan fingerprint density at radius 2 is 2.19 bits per heavy atom. The van der Waals surface area contributed by atoms with Crippen molar-refractivity contribution in [1.82, 2.24) is 9.78 Å². The van der Waals surface area contributed by atoms with E-state index in [0.29, 0.717) is 28.8 Å². The van der Waals surface area contributed by atoms with Crippen LogP contribution >= 0.6 is 0 Å². The maximum absolute atomic E-state index is 13.1. The summed E-state index contributed by atoms with van der Waals surface area (Å²) in [6.07, 6.45) is 2.18. The summed E-state index contributed by atoms with van der Waals surface area (Å²) >= 11 is 0. The first-order chi connectivity index (χ1) is 7.63. The largest absolute Gasteiger partial charge is 0.383 e. The summed E-state index contributed by atoms with van der Waals surface area (Å²) in [6.45, 7) is 0. The van der Waals surface area contributed by atoms with Crippen molar-refractivity contribution in [3.8, 4) is 11.1 Å². The van der Waals surface area contributed by atoms with Crippen molar-refractivity contribution in [3.05, 3.63) is 35.8 Å². The first-order valence-electron chi connectivity index (χ1n) is 4.66. The van der Waals surface area contributed by atoms with Crippen LogP contribution in [-0.2, 0) is 7.05 Å². The second-order valence-corrected chi connectivity index (χ2v) is 3.42. The van der Waals surface area contributed by atoms with Gasteiger partial charge in [-0.2, -0.15) is 5.10 Å². The van der Waals surface area contributed by atoms with Gasteiger partial charge in [0.05, 0.1) is 6.20 Å². The average Bonchev–Trinajstić information content (AvgIpc) is 2.60. The van der Waals surface area contributed by atoms with Crippen LogP contribution in [0.4, 0.5) is 10.2 Å². The van der Waals surface area contributed by atoms with Gasteiger partial charge in [-0.15, -0.1) is 0 Å². The highest BCUT2D eigenvalue weighted by Gasteiger charge is 2.12. The summed E-state index contributed by atoms with van der Waals surface area (Å²) in [6, 6.07) is 3.93. The second kappa shape index (κ2) is 3.77. The number of carbonyl (C=O) groups is 1. The number of aldehydes is 1. The monoisotopic (exact) mass is 219 g/mol. The van der Waals surface area contributed by atoms with Gasteiger partial charge in [-0.1, -0.05) is 0 Å². The highest BCUT2D eigenvalue weighted by molar-refractivity contribution is 5.90. The van der Waals surface area contributed by atoms with E-state index in [1.165, 1.54) is 29.1 Å². The molecule has 0 aliphatic carbocycles. The number of anilines is 1. The Hall–Kier alpha value is -2.17. The van der Waals surface area contributed by atoms with Gasteiger partial charge in [-0.3, -0.25) is 9.48 Å². The Labute approximate surface area is 91.5 Å². The molecular weight excluding hydrogens is 209 g/mol. The molecule has 0 fully saturated rings. The summed E-state index contributed by atoms with van der Waals surface area (Å²) < 4.78 is 14.6. The van der Waals surface area contributed by atoms with E-state index in [2.05, 4.69) is 5.10 Å². The van der Waals surface area contributed by atoms with Crippen LogP contribution in [0.2, 0.25) is 0 Å². The Morgan fingerprint density at radius 3 is 2.75 bits per heavy atom. The molecule has 1 aromatic carbocycles. The lowest BCUT2D eigenvalue weighted by molar-refractivity contribution is 0.112. The minimum absolute atomic E-state index is 0.390. The number of nitrogens with zero attached hydrogens (tertiary/aromatic N) is 2. The van der Waals surface area contributed by atoms with Crippen LogP contribution in [0.1, 0.15) is 10.4 Å². The topological polar surface area (TPSA) is 60.9 Å². The van der Waals surface area contributed by atoms with E-state index < -0.39 is 5.82 Å². The van der Waals surface area contributed by atoms with Crippen molar-refractivity contribution in [2.45, 2.75) is 0 Å². The number of benzene rings is 1. The van der Waals surface area contributed by atoms with Gasteiger partial charge in [-0.25, -0.2) is 4.39 Å². The van der Waals surface area contributed by atoms with Gasteiger partial charge < -0.3 is 5.73 Å². The Kier molecular flexibility index (Phi) is 2.44. The highest BCUT2D eigenvalue weighted by atomic mass is 19.1. The van der Waals surface area contributed by atoms with Crippen LogP contribution in [0.3, 0.4) is 0 Å². The van der Waals surface area contributed by atoms with Crippen molar-refractivity contribution in [2.75, 3.05) is 5.73 Å². The number of carbonyl (C=O) groups excluding carboxylic acids is 1. The minimum Gasteiger partial charge on any atom is -0.383 e. The van der Waals surface area contributed by atoms with Crippen LogP contribution in [0.25, 0.3) is 11.1 Å². The van der Waals surface area contributed by atoms with E-state index in [4.69, 9.17) is 5.73 Å². The number of hydrogen-bond acceptors (Lipinski definition) is 3. The number of nitrogen functional groups attached to an aromatic ring is 1. The first-order valence-corrected chi connectivity index (χ1v) is 4.66. The molecule has 2 rings (SSSR count). The molecule has 1 heterocycles. The summed E-state index contributed by atoms with van der Waals surface area (Å²) in [5, 5.41) is 3.95. The van der Waals surface area contributed by atoms with Gasteiger partial charge in [0.2, 0.25) is 0 Å². The maximum atomic E-state index is 13.1. The molecule has 0 aliphatic heterocycles. The SMILES string of the molecule is Cn1ncc(-c2cc(F)ccc2C=O)c1N. The molecule has 2 aromatic rings. The van der Waals surface area contributed by atoms with Crippen LogP contribution in [0.15, 0.2) is 24.4 Å². The van der Waals surface area contributed by atoms with E-state index in [-0.39, 0.29) is 0 Å². The predicted molar refractivity (Wildman–Crippen MR) is 58.4 cm³/mol. The highest BCUT2D eigenvalue weighted by Crippen LogP contribution is 2.28. The zero-order valence-electron chi connectivity index (χ0n) is 8.64. The molecule has 16 heavy (non-hydrogen) atoms. The number of aromatic nitrogens is 2. The molecule has 4 nitrogen and oxygen atoms in total. The molecule has 0 amide bonds. The average molecular weight is 219 g/mol. The van der Waals surface area contributed by atoms with E-state index in [1.54, 1.807) is 7.05 Å². The number of hydrogen-bond donors (Lipinski definition) is 1. The molecule has 0 unspecified atom stereocenters. The van der Waals surface area contributed by atoms with Gasteiger partial charge in [0, 0.05) is 23.7 Å². The van der Waals surface area contributed by atoms with Gasteiger partial charge in [-0.05, 0) is 18.2 Å². The van der Waals surface area contributed by atoms with Gasteiger partial charge in [0.15, 0.2) is 6.29 Å². The minimum atomic E-state index is -0.413. The molecule has 0 saturated carbocycles. The van der Waals surface area contributed by atoms with Gasteiger partial charge in [0.1, 0.15) is 11.6 Å². The third kappa shape index (κ3) is 1.56. The first kappa shape index (κ1) is 10.4. The molecule has 0 atom stereocenters. The normalized spacial score (nSPS) is 10.4. The molecule has 0 spiro atoms. The fraction of sp³-hybridized carbons (Fsp3) is 0.0909. The molecular formula is C11H10FN3O. The summed E-state index contributed by atoms with van der Waals surface area (Å²) in [7, 11) is 1.68. The molecule has 82 valence electrons. The van der Waals surface area contributed by atoms with Gasteiger partial charge in [0.25, 0.3) is 0 Å². The lowest BCUT2D eigenvalue weighted by Gasteiger charge is -2.04. The quantitative estimate of drug-likeness (QED) is 0.781. The lowest BCUT2D eigenvalue weighted by Crippen LogP contribution is -1.99. The fourth-order valence-electron chi connectivity index (χ4n) is 1.52. The van der Waals surface area contributed by atoms with E-state index in [1.807, 2.05) is 0 Å². The van der Waals surface area contributed by atoms with E-state index in [9.17, 15) is 9.18 Å². The summed E-state index contributed by atoms with van der Waals surface area (Å²) in [5.41, 5.74) is 7.18. The Bertz CT molecular complexity index is 548. The zero-order valence-corrected chi connectivity index (χ0v) is 8.64. The standard InChI is InChI=1S/C11H10FN3O/c1-15-11(13)10(5-14-15)9-4-8(12)3-2-7(9)6-16/h2-6H,13H2,1H3. The zero-order chi connectivity index (χ0) is 11.7. The Balaban J connectivity index is 2.67. The Morgan fingerprint density at radius 1 is 1.44 bits per heavy atom. The van der Waals surface area contributed by atoms with E-state index >= 15 is 0 Å². The molecule has 2 N–H and O–H groups in total. The number of rotatable bonds is 2. The van der Waals surface area contributed by atoms with Crippen molar-refractivity contribution in [2.24, 2.45) is 7.05 Å². The van der Waals surface area contributed by atoms with Crippen molar-refractivity contribution < 1.29 is 9.18 Å². The number of nitrogens with two attached hydrogens (primary N) is 1. The van der Waals surface area contributed by atoms with Gasteiger partial charge >= 0.3 is 0 Å². The van der Waals surface area contributed by atoms with E-state index in [0.717, 1.165) is 0 Å². The second-order valence-electron chi connectivity index (χ2n) is 3.42. The van der Waals surface area contributed by atoms with Crippen LogP contribution < -0.4 is 5.73 Å². The fourth-order valence-corrected chi connectivity index (χ4v) is 1.52. The lowest BCUT2D eigenvalue weighted by atomic mass is 10.0. The third-order valence-electron chi connectivity index (χ3n) is 2.42. The van der Waals surface area contributed by atoms with Crippen LogP contribution in [-0.4, -0.2) is 16.1 Å². The maximum Gasteiger partial charge on any atom is 0.150 e. The molecule has 5 heteroatoms. The molecule has 1 aromatic heterocycles. The van der Waals surface area contributed by atoms with Crippen LogP contribution in [0.5, 0.6) is 0 Å². The predicted octanol–water partition coefficient (Wildman–Crippen LogP) is 1.62. The number of halogens is 1. The molecule has 0 bridgehead atoms. The van der Waals surface area contributed by atoms with Crippen LogP contribution in [0, 0.1) is 5.82 Å². The third-order valence-corrected chi connectivity index (χ3v) is 2.42. The summed E-state index contributed by atoms with van der Waals surface area (Å²) in [5.74, 6) is -0.0162. The smallest absolute Gasteiger partial charge is 0.150 e. The number of aryl methyl sites for hydroxylation is 1. The molecule has 0 aliphatic rings. The molecule has 0 saturated heterocycles. The summed E-state index contributed by atoms with van der Waals surface area (Å²) in [4.78, 5) is 10.8. The molecule has 0 radical (unpaired) electrons. The van der Waals surface area contributed by atoms with Crippen molar-refractivity contribution in [1.29, 1.82) is 0 Å². The van der Waals surface area contributed by atoms with Crippen molar-refractivity contribution in [3.63, 3.8) is 0 Å². The van der Waals surface area contributed by atoms with Crippen molar-refractivity contribution >= 4 is 12.1 Å².